The number of halogens is 3. The molecule has 1 N–H and O–H groups in total. The van der Waals surface area contributed by atoms with Gasteiger partial charge in [-0.25, -0.2) is 4.79 Å². The molecule has 2 nitrogen and oxygen atoms in total. The molecule has 0 saturated heterocycles. The number of carbonyl (C=O) groups is 1. The molecule has 0 atom stereocenters. The highest BCUT2D eigenvalue weighted by molar-refractivity contribution is 7.12. The molecule has 0 saturated carbocycles. The molecule has 6 heteroatoms. The van der Waals surface area contributed by atoms with Crippen molar-refractivity contribution in [2.24, 2.45) is 0 Å². The van der Waals surface area contributed by atoms with Crippen LogP contribution in [0.4, 0.5) is 13.2 Å². The first-order valence-electron chi connectivity index (χ1n) is 4.88. The minimum Gasteiger partial charge on any atom is -0.477 e. The van der Waals surface area contributed by atoms with Crippen LogP contribution >= 0.6 is 11.3 Å². The third kappa shape index (κ3) is 2.38. The van der Waals surface area contributed by atoms with Crippen LogP contribution in [0, 0.1) is 0 Å². The van der Waals surface area contributed by atoms with Gasteiger partial charge in [-0.05, 0) is 28.6 Å². The first-order chi connectivity index (χ1) is 8.39. The number of carboxylic acid groups (broad SMARTS) is 1. The Morgan fingerprint density at radius 3 is 2.44 bits per heavy atom. The van der Waals surface area contributed by atoms with Crippen LogP contribution in [0.25, 0.3) is 11.1 Å². The van der Waals surface area contributed by atoms with Crippen LogP contribution in [0.1, 0.15) is 15.2 Å². The van der Waals surface area contributed by atoms with Gasteiger partial charge in [-0.15, -0.1) is 11.3 Å². The zero-order valence-electron chi connectivity index (χ0n) is 8.86. The van der Waals surface area contributed by atoms with Crippen molar-refractivity contribution in [3.05, 3.63) is 46.2 Å². The van der Waals surface area contributed by atoms with Gasteiger partial charge in [0, 0.05) is 0 Å². The molecule has 2 aromatic rings. The van der Waals surface area contributed by atoms with Crippen LogP contribution in [-0.4, -0.2) is 11.1 Å². The molecule has 0 bridgehead atoms. The standard InChI is InChI=1S/C12H7F3O2S/c13-12(14,15)9-4-2-1-3-8(9)7-5-10(11(16)17)18-6-7/h1-6H,(H,16,17). The number of thiophene rings is 1. The molecular formula is C12H7F3O2S. The largest absolute Gasteiger partial charge is 0.477 e. The van der Waals surface area contributed by atoms with Gasteiger partial charge in [0.15, 0.2) is 0 Å². The minimum atomic E-state index is -4.46. The van der Waals surface area contributed by atoms with Crippen molar-refractivity contribution in [3.8, 4) is 11.1 Å². The molecule has 18 heavy (non-hydrogen) atoms. The van der Waals surface area contributed by atoms with Crippen molar-refractivity contribution < 1.29 is 23.1 Å². The lowest BCUT2D eigenvalue weighted by Gasteiger charge is -2.11. The van der Waals surface area contributed by atoms with Crippen molar-refractivity contribution in [2.75, 3.05) is 0 Å². The third-order valence-corrected chi connectivity index (χ3v) is 3.27. The van der Waals surface area contributed by atoms with Crippen LogP contribution in [0.2, 0.25) is 0 Å². The predicted molar refractivity (Wildman–Crippen MR) is 61.7 cm³/mol. The number of hydrogen-bond donors (Lipinski definition) is 1. The van der Waals surface area contributed by atoms with Crippen molar-refractivity contribution in [1.29, 1.82) is 0 Å². The summed E-state index contributed by atoms with van der Waals surface area (Å²) < 4.78 is 38.4. The summed E-state index contributed by atoms with van der Waals surface area (Å²) in [5.41, 5.74) is -0.501. The first-order valence-corrected chi connectivity index (χ1v) is 5.76. The van der Waals surface area contributed by atoms with E-state index in [0.717, 1.165) is 17.4 Å². The van der Waals surface area contributed by atoms with Crippen molar-refractivity contribution >= 4 is 17.3 Å². The second-order valence-electron chi connectivity index (χ2n) is 3.55. The fourth-order valence-electron chi connectivity index (χ4n) is 1.57. The summed E-state index contributed by atoms with van der Waals surface area (Å²) in [6, 6.07) is 6.35. The van der Waals surface area contributed by atoms with E-state index in [1.54, 1.807) is 0 Å². The number of benzene rings is 1. The Morgan fingerprint density at radius 1 is 1.22 bits per heavy atom. The van der Waals surface area contributed by atoms with Crippen molar-refractivity contribution in [1.82, 2.24) is 0 Å². The maximum absolute atomic E-state index is 12.8. The SMILES string of the molecule is O=C(O)c1cc(-c2ccccc2C(F)(F)F)cs1. The number of hydrogen-bond acceptors (Lipinski definition) is 2. The zero-order chi connectivity index (χ0) is 13.3. The summed E-state index contributed by atoms with van der Waals surface area (Å²) in [5, 5.41) is 10.2. The van der Waals surface area contributed by atoms with Crippen LogP contribution < -0.4 is 0 Å². The fourth-order valence-corrected chi connectivity index (χ4v) is 2.32. The molecule has 0 spiro atoms. The fraction of sp³-hybridized carbons (Fsp3) is 0.0833. The summed E-state index contributed by atoms with van der Waals surface area (Å²) in [6.07, 6.45) is -4.46. The number of rotatable bonds is 2. The summed E-state index contributed by atoms with van der Waals surface area (Å²) in [4.78, 5) is 10.7. The second-order valence-corrected chi connectivity index (χ2v) is 4.46. The van der Waals surface area contributed by atoms with Crippen LogP contribution in [0.3, 0.4) is 0 Å². The Hall–Kier alpha value is -1.82. The van der Waals surface area contributed by atoms with E-state index < -0.39 is 17.7 Å². The van der Waals surface area contributed by atoms with Gasteiger partial charge in [0.25, 0.3) is 0 Å². The molecule has 0 amide bonds. The minimum absolute atomic E-state index is 0.00579. The van der Waals surface area contributed by atoms with Gasteiger partial charge < -0.3 is 5.11 Å². The predicted octanol–water partition coefficient (Wildman–Crippen LogP) is 4.13. The normalized spacial score (nSPS) is 11.5. The number of alkyl halides is 3. The van der Waals surface area contributed by atoms with Crippen molar-refractivity contribution in [2.45, 2.75) is 6.18 Å². The molecule has 2 rings (SSSR count). The van der Waals surface area contributed by atoms with Gasteiger partial charge >= 0.3 is 12.1 Å². The van der Waals surface area contributed by atoms with Gasteiger partial charge in [0.05, 0.1) is 5.56 Å². The molecule has 0 unspecified atom stereocenters. The molecule has 94 valence electrons. The Kier molecular flexibility index (Phi) is 3.13. The van der Waals surface area contributed by atoms with E-state index in [1.807, 2.05) is 0 Å². The number of aromatic carboxylic acids is 1. The Labute approximate surface area is 104 Å². The van der Waals surface area contributed by atoms with Gasteiger partial charge in [-0.3, -0.25) is 0 Å². The van der Waals surface area contributed by atoms with Crippen LogP contribution in [0.15, 0.2) is 35.7 Å². The molecule has 1 aromatic carbocycles. The molecule has 0 fully saturated rings. The highest BCUT2D eigenvalue weighted by Crippen LogP contribution is 2.38. The highest BCUT2D eigenvalue weighted by Gasteiger charge is 2.33. The summed E-state index contributed by atoms with van der Waals surface area (Å²) in [7, 11) is 0. The molecule has 0 aliphatic heterocycles. The maximum Gasteiger partial charge on any atom is 0.417 e. The van der Waals surface area contributed by atoms with Gasteiger partial charge in [-0.2, -0.15) is 13.2 Å². The topological polar surface area (TPSA) is 37.3 Å². The molecule has 1 aromatic heterocycles. The Balaban J connectivity index is 2.53. The lowest BCUT2D eigenvalue weighted by atomic mass is 10.0. The average molecular weight is 272 g/mol. The molecule has 0 aliphatic carbocycles. The van der Waals surface area contributed by atoms with Crippen LogP contribution in [-0.2, 0) is 6.18 Å². The van der Waals surface area contributed by atoms with E-state index in [0.29, 0.717) is 0 Å². The van der Waals surface area contributed by atoms with Gasteiger partial charge in [0.1, 0.15) is 4.88 Å². The Morgan fingerprint density at radius 2 is 1.89 bits per heavy atom. The zero-order valence-corrected chi connectivity index (χ0v) is 9.68. The van der Waals surface area contributed by atoms with E-state index in [2.05, 4.69) is 0 Å². The quantitative estimate of drug-likeness (QED) is 0.892. The number of carboxylic acids is 1. The monoisotopic (exact) mass is 272 g/mol. The molecular weight excluding hydrogens is 265 g/mol. The average Bonchev–Trinajstić information content (AvgIpc) is 2.77. The molecule has 0 aliphatic rings. The molecule has 0 radical (unpaired) electrons. The third-order valence-electron chi connectivity index (χ3n) is 2.35. The second kappa shape index (κ2) is 4.45. The van der Waals surface area contributed by atoms with E-state index >= 15 is 0 Å². The maximum atomic E-state index is 12.8. The highest BCUT2D eigenvalue weighted by atomic mass is 32.1. The van der Waals surface area contributed by atoms with Crippen LogP contribution in [0.5, 0.6) is 0 Å². The molecule has 1 heterocycles. The Bertz CT molecular complexity index is 587. The first kappa shape index (κ1) is 12.6. The van der Waals surface area contributed by atoms with E-state index in [1.165, 1.54) is 29.6 Å². The van der Waals surface area contributed by atoms with E-state index in [4.69, 9.17) is 5.11 Å². The summed E-state index contributed by atoms with van der Waals surface area (Å²) >= 11 is 0.905. The summed E-state index contributed by atoms with van der Waals surface area (Å²) in [6.45, 7) is 0. The lowest BCUT2D eigenvalue weighted by molar-refractivity contribution is -0.137. The smallest absolute Gasteiger partial charge is 0.417 e. The summed E-state index contributed by atoms with van der Waals surface area (Å²) in [5.74, 6) is -1.14. The van der Waals surface area contributed by atoms with E-state index in [9.17, 15) is 18.0 Å². The van der Waals surface area contributed by atoms with E-state index in [-0.39, 0.29) is 16.0 Å². The van der Waals surface area contributed by atoms with Gasteiger partial charge in [0.2, 0.25) is 0 Å². The van der Waals surface area contributed by atoms with Crippen molar-refractivity contribution in [3.63, 3.8) is 0 Å². The lowest BCUT2D eigenvalue weighted by Crippen LogP contribution is -2.06. The van der Waals surface area contributed by atoms with Gasteiger partial charge in [-0.1, -0.05) is 18.2 Å².